The predicted octanol–water partition coefficient (Wildman–Crippen LogP) is 3.46. The van der Waals surface area contributed by atoms with Gasteiger partial charge in [0.25, 0.3) is 0 Å². The molecule has 0 unspecified atom stereocenters. The van der Waals surface area contributed by atoms with Gasteiger partial charge in [-0.2, -0.15) is 4.31 Å². The van der Waals surface area contributed by atoms with E-state index in [1.165, 1.54) is 9.18 Å². The van der Waals surface area contributed by atoms with Crippen LogP contribution in [0.5, 0.6) is 0 Å². The summed E-state index contributed by atoms with van der Waals surface area (Å²) in [5.74, 6) is 0. The average molecular weight is 328 g/mol. The fraction of sp³-hybridized carbons (Fsp3) is 0.286. The van der Waals surface area contributed by atoms with Gasteiger partial charge in [-0.25, -0.2) is 8.42 Å². The number of rotatable bonds is 2. The van der Waals surface area contributed by atoms with Gasteiger partial charge in [-0.1, -0.05) is 17.7 Å². The molecular weight excluding hydrogens is 314 g/mol. The summed E-state index contributed by atoms with van der Waals surface area (Å²) in [6, 6.07) is 7.06. The summed E-state index contributed by atoms with van der Waals surface area (Å²) in [6.07, 6.45) is 0.774. The van der Waals surface area contributed by atoms with Crippen LogP contribution in [-0.4, -0.2) is 19.3 Å². The van der Waals surface area contributed by atoms with Crippen LogP contribution in [0.15, 0.2) is 34.5 Å². The number of nitrogens with zero attached hydrogens (tertiary/aromatic N) is 1. The molecule has 0 N–H and O–H groups in total. The Balaban J connectivity index is 1.97. The Morgan fingerprint density at radius 3 is 2.85 bits per heavy atom. The van der Waals surface area contributed by atoms with E-state index in [2.05, 4.69) is 0 Å². The fourth-order valence-corrected chi connectivity index (χ4v) is 5.26. The van der Waals surface area contributed by atoms with Crippen LogP contribution in [0.25, 0.3) is 0 Å². The van der Waals surface area contributed by atoms with Gasteiger partial charge in [-0.05, 0) is 48.1 Å². The maximum Gasteiger partial charge on any atom is 0.244 e. The first kappa shape index (κ1) is 14.1. The summed E-state index contributed by atoms with van der Waals surface area (Å²) in [5, 5.41) is 2.31. The van der Waals surface area contributed by atoms with Gasteiger partial charge in [0.2, 0.25) is 10.0 Å². The van der Waals surface area contributed by atoms with Gasteiger partial charge >= 0.3 is 0 Å². The molecule has 0 saturated carbocycles. The van der Waals surface area contributed by atoms with Crippen molar-refractivity contribution in [1.29, 1.82) is 0 Å². The number of benzene rings is 1. The molecule has 3 nitrogen and oxygen atoms in total. The molecule has 1 aromatic carbocycles. The highest BCUT2D eigenvalue weighted by molar-refractivity contribution is 7.89. The number of hydrogen-bond donors (Lipinski definition) is 0. The minimum atomic E-state index is -3.52. The van der Waals surface area contributed by atoms with Gasteiger partial charge in [-0.3, -0.25) is 0 Å². The van der Waals surface area contributed by atoms with E-state index in [1.807, 2.05) is 18.4 Å². The molecule has 1 aliphatic heterocycles. The molecule has 106 valence electrons. The molecule has 0 saturated heterocycles. The molecule has 1 aromatic heterocycles. The van der Waals surface area contributed by atoms with E-state index in [4.69, 9.17) is 11.6 Å². The Labute approximate surface area is 127 Å². The molecule has 0 fully saturated rings. The smallest absolute Gasteiger partial charge is 0.207 e. The number of halogens is 1. The monoisotopic (exact) mass is 327 g/mol. The summed E-state index contributed by atoms with van der Waals surface area (Å²) in [4.78, 5) is 1.48. The molecule has 0 atom stereocenters. The molecule has 1 aliphatic rings. The third kappa shape index (κ3) is 2.39. The maximum atomic E-state index is 12.7. The zero-order chi connectivity index (χ0) is 14.3. The molecule has 0 spiro atoms. The topological polar surface area (TPSA) is 37.4 Å². The molecule has 0 radical (unpaired) electrons. The second-order valence-electron chi connectivity index (χ2n) is 4.89. The number of fused-ring (bicyclic) bond motifs is 1. The van der Waals surface area contributed by atoms with Crippen LogP contribution in [-0.2, 0) is 23.0 Å². The van der Waals surface area contributed by atoms with Crippen molar-refractivity contribution in [2.45, 2.75) is 24.8 Å². The molecule has 6 heteroatoms. The number of hydrogen-bond acceptors (Lipinski definition) is 3. The van der Waals surface area contributed by atoms with Gasteiger partial charge < -0.3 is 0 Å². The van der Waals surface area contributed by atoms with E-state index in [1.54, 1.807) is 29.5 Å². The lowest BCUT2D eigenvalue weighted by Crippen LogP contribution is -2.35. The second kappa shape index (κ2) is 5.15. The van der Waals surface area contributed by atoms with Gasteiger partial charge in [0.05, 0.1) is 5.02 Å². The van der Waals surface area contributed by atoms with E-state index >= 15 is 0 Å². The molecule has 0 amide bonds. The molecule has 20 heavy (non-hydrogen) atoms. The molecule has 2 aromatic rings. The van der Waals surface area contributed by atoms with Crippen LogP contribution < -0.4 is 0 Å². The minimum absolute atomic E-state index is 0.198. The third-order valence-corrected chi connectivity index (χ3v) is 6.83. The Kier molecular flexibility index (Phi) is 3.62. The Morgan fingerprint density at radius 2 is 2.10 bits per heavy atom. The molecule has 0 aliphatic carbocycles. The van der Waals surface area contributed by atoms with E-state index in [0.29, 0.717) is 18.1 Å². The lowest BCUT2D eigenvalue weighted by atomic mass is 10.1. The Bertz CT molecular complexity index is 752. The van der Waals surface area contributed by atoms with Crippen molar-refractivity contribution < 1.29 is 8.42 Å². The van der Waals surface area contributed by atoms with Gasteiger partial charge in [0.1, 0.15) is 4.90 Å². The summed E-state index contributed by atoms with van der Waals surface area (Å²) in [7, 11) is -3.52. The van der Waals surface area contributed by atoms with Crippen LogP contribution in [0, 0.1) is 6.92 Å². The number of aryl methyl sites for hydroxylation is 1. The van der Waals surface area contributed by atoms with E-state index in [-0.39, 0.29) is 4.90 Å². The largest absolute Gasteiger partial charge is 0.244 e. The van der Waals surface area contributed by atoms with Crippen molar-refractivity contribution in [3.05, 3.63) is 50.7 Å². The molecule has 3 rings (SSSR count). The highest BCUT2D eigenvalue weighted by Crippen LogP contribution is 2.31. The standard InChI is InChI=1S/C14H14ClNO2S2/c1-10-2-3-14(12(15)8-10)20(17,18)16-6-4-13-11(9-16)5-7-19-13/h2-3,5,7-8H,4,6,9H2,1H3. The summed E-state index contributed by atoms with van der Waals surface area (Å²) in [5.41, 5.74) is 2.06. The second-order valence-corrected chi connectivity index (χ2v) is 8.21. The molecular formula is C14H14ClNO2S2. The maximum absolute atomic E-state index is 12.7. The molecule has 2 heterocycles. The van der Waals surface area contributed by atoms with E-state index in [9.17, 15) is 8.42 Å². The van der Waals surface area contributed by atoms with Gasteiger partial charge in [0.15, 0.2) is 0 Å². The SMILES string of the molecule is Cc1ccc(S(=O)(=O)N2CCc3sccc3C2)c(Cl)c1. The van der Waals surface area contributed by atoms with Crippen LogP contribution in [0.3, 0.4) is 0 Å². The lowest BCUT2D eigenvalue weighted by Gasteiger charge is -2.26. The Morgan fingerprint density at radius 1 is 1.30 bits per heavy atom. The zero-order valence-corrected chi connectivity index (χ0v) is 13.4. The molecule has 0 bridgehead atoms. The van der Waals surface area contributed by atoms with Crippen LogP contribution in [0.4, 0.5) is 0 Å². The summed E-state index contributed by atoms with van der Waals surface area (Å²) in [6.45, 7) is 2.84. The normalized spacial score (nSPS) is 16.1. The third-order valence-electron chi connectivity index (χ3n) is 3.48. The van der Waals surface area contributed by atoms with Crippen molar-refractivity contribution in [2.75, 3.05) is 6.54 Å². The van der Waals surface area contributed by atoms with Crippen molar-refractivity contribution in [3.63, 3.8) is 0 Å². The van der Waals surface area contributed by atoms with Gasteiger partial charge in [-0.15, -0.1) is 11.3 Å². The van der Waals surface area contributed by atoms with Crippen molar-refractivity contribution in [2.24, 2.45) is 0 Å². The zero-order valence-electron chi connectivity index (χ0n) is 11.0. The van der Waals surface area contributed by atoms with Crippen molar-refractivity contribution in [3.8, 4) is 0 Å². The predicted molar refractivity (Wildman–Crippen MR) is 81.8 cm³/mol. The quantitative estimate of drug-likeness (QED) is 0.847. The lowest BCUT2D eigenvalue weighted by molar-refractivity contribution is 0.394. The fourth-order valence-electron chi connectivity index (χ4n) is 2.38. The van der Waals surface area contributed by atoms with Gasteiger partial charge in [0, 0.05) is 18.0 Å². The first-order valence-electron chi connectivity index (χ1n) is 6.30. The number of sulfonamides is 1. The highest BCUT2D eigenvalue weighted by Gasteiger charge is 2.30. The van der Waals surface area contributed by atoms with Crippen molar-refractivity contribution in [1.82, 2.24) is 4.31 Å². The minimum Gasteiger partial charge on any atom is -0.207 e. The first-order chi connectivity index (χ1) is 9.48. The van der Waals surface area contributed by atoms with Crippen molar-refractivity contribution >= 4 is 33.0 Å². The average Bonchev–Trinajstić information content (AvgIpc) is 2.85. The van der Waals surface area contributed by atoms with Crippen LogP contribution in [0.1, 0.15) is 16.0 Å². The Hall–Kier alpha value is -0.880. The number of thiophene rings is 1. The van der Waals surface area contributed by atoms with E-state index < -0.39 is 10.0 Å². The van der Waals surface area contributed by atoms with Crippen LogP contribution in [0.2, 0.25) is 5.02 Å². The highest BCUT2D eigenvalue weighted by atomic mass is 35.5. The van der Waals surface area contributed by atoms with E-state index in [0.717, 1.165) is 17.5 Å². The summed E-state index contributed by atoms with van der Waals surface area (Å²) >= 11 is 7.80. The first-order valence-corrected chi connectivity index (χ1v) is 9.00. The summed E-state index contributed by atoms with van der Waals surface area (Å²) < 4.78 is 26.9. The van der Waals surface area contributed by atoms with Crippen LogP contribution >= 0.6 is 22.9 Å².